The molecule has 0 saturated carbocycles. The van der Waals surface area contributed by atoms with Gasteiger partial charge in [0.05, 0.1) is 22.4 Å². The van der Waals surface area contributed by atoms with E-state index in [4.69, 9.17) is 5.10 Å². The van der Waals surface area contributed by atoms with Gasteiger partial charge in [-0.2, -0.15) is 5.10 Å². The highest BCUT2D eigenvalue weighted by atomic mass is 32.2. The third-order valence-corrected chi connectivity index (χ3v) is 8.01. The van der Waals surface area contributed by atoms with E-state index in [0.29, 0.717) is 18.1 Å². The first-order valence-electron chi connectivity index (χ1n) is 13.2. The summed E-state index contributed by atoms with van der Waals surface area (Å²) in [7, 11) is 0. The molecule has 0 radical (unpaired) electrons. The second-order valence-electron chi connectivity index (χ2n) is 10.9. The standard InChI is InChI=1S/C31H32FN5O2S/c1-20-6-5-7-22(16-20)28-27-29(31(2,3)4)35-37(24-10-8-23(32)9-11-24)30(27)36(26(39)19-40-28)18-25(38)34-17-21-12-14-33-15-13-21/h5-16,28H,17-19H2,1-4H3,(H,34,38). The maximum absolute atomic E-state index is 13.9. The van der Waals surface area contributed by atoms with E-state index in [1.165, 1.54) is 28.8 Å². The molecular formula is C31H32FN5O2S. The van der Waals surface area contributed by atoms with Gasteiger partial charge in [-0.1, -0.05) is 50.6 Å². The van der Waals surface area contributed by atoms with Gasteiger partial charge in [0.25, 0.3) is 0 Å². The summed E-state index contributed by atoms with van der Waals surface area (Å²) < 4.78 is 15.6. The minimum absolute atomic E-state index is 0.172. The number of fused-ring (bicyclic) bond motifs is 1. The number of nitrogens with one attached hydrogen (secondary N) is 1. The Balaban J connectivity index is 1.65. The van der Waals surface area contributed by atoms with E-state index in [2.05, 4.69) is 43.2 Å². The number of pyridine rings is 1. The highest BCUT2D eigenvalue weighted by Crippen LogP contribution is 2.48. The molecule has 2 aromatic carbocycles. The van der Waals surface area contributed by atoms with Crippen molar-refractivity contribution >= 4 is 29.4 Å². The van der Waals surface area contributed by atoms with Crippen LogP contribution in [0.1, 0.15) is 54.0 Å². The van der Waals surface area contributed by atoms with Gasteiger partial charge < -0.3 is 5.32 Å². The molecule has 4 aromatic rings. The summed E-state index contributed by atoms with van der Waals surface area (Å²) in [6, 6.07) is 17.9. The fraction of sp³-hybridized carbons (Fsp3) is 0.290. The van der Waals surface area contributed by atoms with Gasteiger partial charge in [-0.25, -0.2) is 9.07 Å². The van der Waals surface area contributed by atoms with Gasteiger partial charge in [-0.3, -0.25) is 19.5 Å². The first kappa shape index (κ1) is 27.6. The van der Waals surface area contributed by atoms with Crippen molar-refractivity contribution in [3.05, 3.63) is 107 Å². The fourth-order valence-corrected chi connectivity index (χ4v) is 6.02. The van der Waals surface area contributed by atoms with E-state index in [9.17, 15) is 14.0 Å². The summed E-state index contributed by atoms with van der Waals surface area (Å²) in [5, 5.41) is 7.77. The topological polar surface area (TPSA) is 80.1 Å². The van der Waals surface area contributed by atoms with Crippen molar-refractivity contribution in [2.45, 2.75) is 44.9 Å². The van der Waals surface area contributed by atoms with E-state index in [1.807, 2.05) is 31.2 Å². The zero-order valence-corrected chi connectivity index (χ0v) is 23.8. The van der Waals surface area contributed by atoms with Gasteiger partial charge in [-0.05, 0) is 54.4 Å². The highest BCUT2D eigenvalue weighted by molar-refractivity contribution is 8.00. The van der Waals surface area contributed by atoms with Crippen LogP contribution < -0.4 is 10.2 Å². The van der Waals surface area contributed by atoms with Crippen molar-refractivity contribution in [1.82, 2.24) is 20.1 Å². The van der Waals surface area contributed by atoms with E-state index >= 15 is 0 Å². The van der Waals surface area contributed by atoms with Crippen LogP contribution in [0.25, 0.3) is 5.69 Å². The molecule has 1 aliphatic rings. The van der Waals surface area contributed by atoms with Gasteiger partial charge in [0.2, 0.25) is 11.8 Å². The zero-order valence-electron chi connectivity index (χ0n) is 23.0. The predicted molar refractivity (Wildman–Crippen MR) is 156 cm³/mol. The van der Waals surface area contributed by atoms with Crippen LogP contribution in [-0.2, 0) is 21.5 Å². The van der Waals surface area contributed by atoms with Crippen LogP contribution in [0.15, 0.2) is 73.1 Å². The number of halogens is 1. The highest BCUT2D eigenvalue weighted by Gasteiger charge is 2.40. The second kappa shape index (κ2) is 11.3. The van der Waals surface area contributed by atoms with Gasteiger partial charge >= 0.3 is 0 Å². The van der Waals surface area contributed by atoms with Gasteiger partial charge in [-0.15, -0.1) is 11.8 Å². The van der Waals surface area contributed by atoms with Crippen LogP contribution in [0.2, 0.25) is 0 Å². The molecule has 3 heterocycles. The fourth-order valence-electron chi connectivity index (χ4n) is 4.83. The summed E-state index contributed by atoms with van der Waals surface area (Å²) in [6.07, 6.45) is 3.34. The van der Waals surface area contributed by atoms with Crippen LogP contribution >= 0.6 is 11.8 Å². The van der Waals surface area contributed by atoms with Crippen LogP contribution in [0.5, 0.6) is 0 Å². The van der Waals surface area contributed by atoms with Crippen LogP contribution in [0.3, 0.4) is 0 Å². The summed E-state index contributed by atoms with van der Waals surface area (Å²) >= 11 is 1.54. The molecule has 1 unspecified atom stereocenters. The molecule has 0 spiro atoms. The number of amides is 2. The Bertz CT molecular complexity index is 1530. The van der Waals surface area contributed by atoms with Crippen molar-refractivity contribution in [3.63, 3.8) is 0 Å². The zero-order chi connectivity index (χ0) is 28.4. The largest absolute Gasteiger partial charge is 0.350 e. The Labute approximate surface area is 237 Å². The number of carbonyl (C=O) groups is 2. The Morgan fingerprint density at radius 3 is 2.50 bits per heavy atom. The number of carbonyl (C=O) groups excluding carboxylic acids is 2. The number of benzene rings is 2. The Hall–Kier alpha value is -3.98. The van der Waals surface area contributed by atoms with Crippen LogP contribution in [-0.4, -0.2) is 38.9 Å². The van der Waals surface area contributed by atoms with Gasteiger partial charge in [0.1, 0.15) is 18.2 Å². The number of hydrogen-bond acceptors (Lipinski definition) is 5. The third-order valence-electron chi connectivity index (χ3n) is 6.76. The van der Waals surface area contributed by atoms with E-state index in [0.717, 1.165) is 27.9 Å². The lowest BCUT2D eigenvalue weighted by Crippen LogP contribution is -2.42. The SMILES string of the molecule is Cc1cccc(C2SCC(=O)N(CC(=O)NCc3ccncc3)c3c2c(C(C)(C)C)nn3-c2ccc(F)cc2)c1. The molecule has 0 saturated heterocycles. The first-order valence-corrected chi connectivity index (χ1v) is 14.2. The van der Waals surface area contributed by atoms with Crippen molar-refractivity contribution in [1.29, 1.82) is 0 Å². The number of thioether (sulfide) groups is 1. The van der Waals surface area contributed by atoms with Crippen molar-refractivity contribution in [2.24, 2.45) is 0 Å². The van der Waals surface area contributed by atoms with Crippen molar-refractivity contribution in [3.8, 4) is 5.69 Å². The number of anilines is 1. The number of nitrogens with zero attached hydrogens (tertiary/aromatic N) is 4. The van der Waals surface area contributed by atoms with E-state index in [1.54, 1.807) is 29.2 Å². The number of rotatable bonds is 6. The smallest absolute Gasteiger partial charge is 0.240 e. The average molecular weight is 558 g/mol. The predicted octanol–water partition coefficient (Wildman–Crippen LogP) is 5.50. The maximum Gasteiger partial charge on any atom is 0.240 e. The Morgan fingerprint density at radius 2 is 1.82 bits per heavy atom. The molecule has 40 heavy (non-hydrogen) atoms. The lowest BCUT2D eigenvalue weighted by Gasteiger charge is -2.24. The molecule has 1 atom stereocenters. The molecule has 0 bridgehead atoms. The molecule has 206 valence electrons. The van der Waals surface area contributed by atoms with Gasteiger partial charge in [0.15, 0.2) is 0 Å². The molecule has 1 aliphatic heterocycles. The summed E-state index contributed by atoms with van der Waals surface area (Å²) in [6.45, 7) is 8.45. The molecule has 0 aliphatic carbocycles. The third kappa shape index (κ3) is 5.79. The molecular weight excluding hydrogens is 525 g/mol. The van der Waals surface area contributed by atoms with Crippen molar-refractivity contribution < 1.29 is 14.0 Å². The monoisotopic (exact) mass is 557 g/mol. The number of aryl methyl sites for hydroxylation is 1. The second-order valence-corrected chi connectivity index (χ2v) is 12.0. The molecule has 5 rings (SSSR count). The number of aromatic nitrogens is 3. The summed E-state index contributed by atoms with van der Waals surface area (Å²) in [5.74, 6) is -0.118. The first-order chi connectivity index (χ1) is 19.1. The lowest BCUT2D eigenvalue weighted by atomic mass is 9.87. The van der Waals surface area contributed by atoms with Crippen molar-refractivity contribution in [2.75, 3.05) is 17.2 Å². The maximum atomic E-state index is 13.9. The Kier molecular flexibility index (Phi) is 7.76. The Morgan fingerprint density at radius 1 is 1.10 bits per heavy atom. The average Bonchev–Trinajstić information content (AvgIpc) is 3.26. The van der Waals surface area contributed by atoms with E-state index in [-0.39, 0.29) is 40.6 Å². The number of hydrogen-bond donors (Lipinski definition) is 1. The molecule has 7 nitrogen and oxygen atoms in total. The van der Waals surface area contributed by atoms with Crippen LogP contribution in [0, 0.1) is 12.7 Å². The minimum Gasteiger partial charge on any atom is -0.350 e. The lowest BCUT2D eigenvalue weighted by molar-refractivity contribution is -0.123. The van der Waals surface area contributed by atoms with Crippen LogP contribution in [0.4, 0.5) is 10.2 Å². The minimum atomic E-state index is -0.374. The molecule has 0 fully saturated rings. The van der Waals surface area contributed by atoms with E-state index < -0.39 is 0 Å². The quantitative estimate of drug-likeness (QED) is 0.339. The molecule has 1 N–H and O–H groups in total. The molecule has 2 amide bonds. The summed E-state index contributed by atoms with van der Waals surface area (Å²) in [5.41, 5.74) is 5.03. The molecule has 2 aromatic heterocycles. The normalized spacial score (nSPS) is 15.5. The molecule has 9 heteroatoms. The summed E-state index contributed by atoms with van der Waals surface area (Å²) in [4.78, 5) is 32.5. The van der Waals surface area contributed by atoms with Gasteiger partial charge in [0, 0.05) is 29.9 Å².